The van der Waals surface area contributed by atoms with Gasteiger partial charge in [0.1, 0.15) is 23.7 Å². The molecule has 2 atom stereocenters. The maximum Gasteiger partial charge on any atom is 0.126 e. The smallest absolute Gasteiger partial charge is 0.126 e. The predicted molar refractivity (Wildman–Crippen MR) is 73.9 cm³/mol. The quantitative estimate of drug-likeness (QED) is 0.886. The minimum atomic E-state index is 0.0178. The molecule has 4 rings (SSSR count). The van der Waals surface area contributed by atoms with Crippen molar-refractivity contribution in [2.75, 3.05) is 0 Å². The third kappa shape index (κ3) is 1.83. The highest BCUT2D eigenvalue weighted by atomic mass is 16.5. The molecule has 3 nitrogen and oxygen atoms in total. The van der Waals surface area contributed by atoms with Crippen LogP contribution < -0.4 is 15.2 Å². The molecule has 0 radical (unpaired) electrons. The number of rotatable bonds is 2. The summed E-state index contributed by atoms with van der Waals surface area (Å²) in [5.41, 5.74) is 10.3. The van der Waals surface area contributed by atoms with Gasteiger partial charge in [-0.05, 0) is 39.2 Å². The molecule has 2 N–H and O–H groups in total. The zero-order valence-corrected chi connectivity index (χ0v) is 11.7. The lowest BCUT2D eigenvalue weighted by atomic mass is 9.93. The average molecular weight is 259 g/mol. The zero-order valence-electron chi connectivity index (χ0n) is 11.7. The third-order valence-corrected chi connectivity index (χ3v) is 4.60. The van der Waals surface area contributed by atoms with Crippen molar-refractivity contribution in [3.8, 4) is 11.5 Å². The van der Waals surface area contributed by atoms with Gasteiger partial charge in [0.15, 0.2) is 0 Å². The first-order chi connectivity index (χ1) is 9.04. The van der Waals surface area contributed by atoms with Crippen molar-refractivity contribution in [1.82, 2.24) is 0 Å². The Kier molecular flexibility index (Phi) is 2.23. The molecule has 0 spiro atoms. The molecule has 2 heterocycles. The van der Waals surface area contributed by atoms with Crippen LogP contribution in [0.3, 0.4) is 0 Å². The van der Waals surface area contributed by atoms with Crippen molar-refractivity contribution in [3.05, 3.63) is 22.8 Å². The molecule has 0 amide bonds. The molecule has 0 bridgehead atoms. The number of nitrogens with two attached hydrogens (primary N) is 1. The van der Waals surface area contributed by atoms with Crippen LogP contribution in [0.25, 0.3) is 0 Å². The second-order valence-corrected chi connectivity index (χ2v) is 6.62. The van der Waals surface area contributed by atoms with Crippen LogP contribution in [0, 0.1) is 0 Å². The highest BCUT2D eigenvalue weighted by Gasteiger charge is 2.42. The first-order valence-electron chi connectivity index (χ1n) is 7.34. The molecule has 2 aliphatic heterocycles. The standard InChI is InChI=1S/C16H21NO2/c1-9-5-11-7-14-12(6-10(2)18-14)13(15(11)19-9)8-16(17)3-4-16/h7,9-10H,3-6,8,17H2,1-2H3. The van der Waals surface area contributed by atoms with E-state index in [2.05, 4.69) is 19.9 Å². The molecule has 0 aromatic heterocycles. The Morgan fingerprint density at radius 2 is 1.95 bits per heavy atom. The minimum Gasteiger partial charge on any atom is -0.490 e. The van der Waals surface area contributed by atoms with E-state index in [1.54, 1.807) is 0 Å². The van der Waals surface area contributed by atoms with Crippen LogP contribution in [0.15, 0.2) is 6.07 Å². The van der Waals surface area contributed by atoms with Crippen LogP contribution in [0.5, 0.6) is 11.5 Å². The number of benzene rings is 1. The highest BCUT2D eigenvalue weighted by Crippen LogP contribution is 2.47. The normalized spacial score (nSPS) is 29.4. The van der Waals surface area contributed by atoms with Crippen molar-refractivity contribution < 1.29 is 9.47 Å². The van der Waals surface area contributed by atoms with Gasteiger partial charge in [-0.1, -0.05) is 0 Å². The van der Waals surface area contributed by atoms with E-state index in [4.69, 9.17) is 15.2 Å². The fourth-order valence-electron chi connectivity index (χ4n) is 3.39. The zero-order chi connectivity index (χ0) is 13.2. The molecule has 3 aliphatic rings. The molecule has 19 heavy (non-hydrogen) atoms. The molecule has 1 aromatic rings. The van der Waals surface area contributed by atoms with Crippen molar-refractivity contribution in [2.45, 2.75) is 63.7 Å². The Bertz CT molecular complexity index is 512. The van der Waals surface area contributed by atoms with Crippen LogP contribution in [-0.4, -0.2) is 17.7 Å². The maximum atomic E-state index is 6.34. The first kappa shape index (κ1) is 11.6. The van der Waals surface area contributed by atoms with E-state index in [9.17, 15) is 0 Å². The fraction of sp³-hybridized carbons (Fsp3) is 0.625. The molecule has 3 heteroatoms. The van der Waals surface area contributed by atoms with Crippen LogP contribution in [0.4, 0.5) is 0 Å². The van der Waals surface area contributed by atoms with E-state index in [-0.39, 0.29) is 17.7 Å². The molecule has 0 saturated heterocycles. The molecule has 1 aliphatic carbocycles. The Morgan fingerprint density at radius 1 is 1.21 bits per heavy atom. The Labute approximate surface area is 114 Å². The lowest BCUT2D eigenvalue weighted by molar-refractivity contribution is 0.251. The lowest BCUT2D eigenvalue weighted by Crippen LogP contribution is -2.25. The molecule has 2 unspecified atom stereocenters. The highest BCUT2D eigenvalue weighted by molar-refractivity contribution is 5.58. The number of ether oxygens (including phenoxy) is 2. The average Bonchev–Trinajstić information content (AvgIpc) is 2.77. The Balaban J connectivity index is 1.82. The number of fused-ring (bicyclic) bond motifs is 2. The summed E-state index contributed by atoms with van der Waals surface area (Å²) in [6, 6.07) is 2.19. The van der Waals surface area contributed by atoms with Gasteiger partial charge in [0.05, 0.1) is 0 Å². The van der Waals surface area contributed by atoms with E-state index in [0.29, 0.717) is 0 Å². The van der Waals surface area contributed by atoms with Gasteiger partial charge in [-0.3, -0.25) is 0 Å². The van der Waals surface area contributed by atoms with Gasteiger partial charge < -0.3 is 15.2 Å². The summed E-state index contributed by atoms with van der Waals surface area (Å²) in [6.07, 6.45) is 5.76. The van der Waals surface area contributed by atoms with Crippen LogP contribution in [0.2, 0.25) is 0 Å². The van der Waals surface area contributed by atoms with E-state index in [0.717, 1.165) is 43.6 Å². The van der Waals surface area contributed by atoms with E-state index in [1.807, 2.05) is 0 Å². The summed E-state index contributed by atoms with van der Waals surface area (Å²) in [5, 5.41) is 0. The van der Waals surface area contributed by atoms with E-state index < -0.39 is 0 Å². The van der Waals surface area contributed by atoms with Crippen LogP contribution in [-0.2, 0) is 19.3 Å². The van der Waals surface area contributed by atoms with Crippen LogP contribution >= 0.6 is 0 Å². The van der Waals surface area contributed by atoms with Gasteiger partial charge in [-0.2, -0.15) is 0 Å². The summed E-state index contributed by atoms with van der Waals surface area (Å²) in [5.74, 6) is 2.18. The van der Waals surface area contributed by atoms with Gasteiger partial charge >= 0.3 is 0 Å². The van der Waals surface area contributed by atoms with Crippen molar-refractivity contribution >= 4 is 0 Å². The van der Waals surface area contributed by atoms with Gasteiger partial charge in [-0.25, -0.2) is 0 Å². The van der Waals surface area contributed by atoms with Gasteiger partial charge in [-0.15, -0.1) is 0 Å². The molecular weight excluding hydrogens is 238 g/mol. The summed E-state index contributed by atoms with van der Waals surface area (Å²) in [4.78, 5) is 0. The molecular formula is C16H21NO2. The SMILES string of the molecule is CC1Cc2c(cc3c(c2CC2(N)CC2)OC(C)C3)O1. The summed E-state index contributed by atoms with van der Waals surface area (Å²) < 4.78 is 12.0. The van der Waals surface area contributed by atoms with Crippen molar-refractivity contribution in [2.24, 2.45) is 5.73 Å². The minimum absolute atomic E-state index is 0.0178. The predicted octanol–water partition coefficient (Wildman–Crippen LogP) is 2.37. The largest absolute Gasteiger partial charge is 0.490 e. The number of hydrogen-bond acceptors (Lipinski definition) is 3. The third-order valence-electron chi connectivity index (χ3n) is 4.60. The van der Waals surface area contributed by atoms with Crippen LogP contribution in [0.1, 0.15) is 43.4 Å². The van der Waals surface area contributed by atoms with E-state index in [1.165, 1.54) is 16.7 Å². The monoisotopic (exact) mass is 259 g/mol. The summed E-state index contributed by atoms with van der Waals surface area (Å²) >= 11 is 0. The van der Waals surface area contributed by atoms with Gasteiger partial charge in [0, 0.05) is 35.1 Å². The van der Waals surface area contributed by atoms with E-state index >= 15 is 0 Å². The molecule has 102 valence electrons. The summed E-state index contributed by atoms with van der Waals surface area (Å²) in [7, 11) is 0. The Morgan fingerprint density at radius 3 is 2.68 bits per heavy atom. The van der Waals surface area contributed by atoms with Crippen molar-refractivity contribution in [1.29, 1.82) is 0 Å². The molecule has 1 saturated carbocycles. The summed E-state index contributed by atoms with van der Waals surface area (Å²) in [6.45, 7) is 4.27. The van der Waals surface area contributed by atoms with Crippen molar-refractivity contribution in [3.63, 3.8) is 0 Å². The second-order valence-electron chi connectivity index (χ2n) is 6.62. The number of hydrogen-bond donors (Lipinski definition) is 1. The first-order valence-corrected chi connectivity index (χ1v) is 7.34. The molecule has 1 fully saturated rings. The maximum absolute atomic E-state index is 6.34. The lowest BCUT2D eigenvalue weighted by Gasteiger charge is -2.16. The fourth-order valence-corrected chi connectivity index (χ4v) is 3.39. The van der Waals surface area contributed by atoms with Gasteiger partial charge in [0.2, 0.25) is 0 Å². The Hall–Kier alpha value is -1.22. The molecule has 1 aromatic carbocycles. The second kappa shape index (κ2) is 3.66. The topological polar surface area (TPSA) is 44.5 Å². The van der Waals surface area contributed by atoms with Gasteiger partial charge in [0.25, 0.3) is 0 Å².